The third-order valence-corrected chi connectivity index (χ3v) is 3.99. The van der Waals surface area contributed by atoms with Crippen LogP contribution in [-0.4, -0.2) is 33.5 Å². The van der Waals surface area contributed by atoms with Gasteiger partial charge in [-0.25, -0.2) is 4.79 Å². The fourth-order valence-corrected chi connectivity index (χ4v) is 2.37. The summed E-state index contributed by atoms with van der Waals surface area (Å²) in [7, 11) is 0. The molecule has 0 aliphatic rings. The molecule has 1 atom stereocenters. The van der Waals surface area contributed by atoms with E-state index >= 15 is 0 Å². The standard InChI is InChI=1S/C17H18ClNO5/c1-10-5-6-19(16(21)15(10)17(22)23)8-12(20)9-24-13-3-4-14(18)11(2)7-13/h3-7,12,20H,8-9H2,1-2H3,(H,22,23). The molecule has 0 radical (unpaired) electrons. The number of hydrogen-bond donors (Lipinski definition) is 2. The molecule has 0 fully saturated rings. The predicted molar refractivity (Wildman–Crippen MR) is 90.1 cm³/mol. The molecule has 1 aromatic heterocycles. The summed E-state index contributed by atoms with van der Waals surface area (Å²) in [6, 6.07) is 6.65. The van der Waals surface area contributed by atoms with Crippen LogP contribution in [0.1, 0.15) is 21.5 Å². The number of nitrogens with zero attached hydrogens (tertiary/aromatic N) is 1. The van der Waals surface area contributed by atoms with Crippen molar-refractivity contribution in [1.82, 2.24) is 4.57 Å². The highest BCUT2D eigenvalue weighted by Gasteiger charge is 2.16. The molecule has 0 aliphatic carbocycles. The summed E-state index contributed by atoms with van der Waals surface area (Å²) < 4.78 is 6.64. The fourth-order valence-electron chi connectivity index (χ4n) is 2.25. The van der Waals surface area contributed by atoms with Crippen molar-refractivity contribution in [1.29, 1.82) is 0 Å². The van der Waals surface area contributed by atoms with Crippen molar-refractivity contribution in [2.75, 3.05) is 6.61 Å². The highest BCUT2D eigenvalue weighted by atomic mass is 35.5. The number of ether oxygens (including phenoxy) is 1. The number of carbonyl (C=O) groups is 1. The second-order valence-electron chi connectivity index (χ2n) is 5.51. The molecule has 0 saturated carbocycles. The zero-order valence-corrected chi connectivity index (χ0v) is 14.1. The molecule has 0 saturated heterocycles. The highest BCUT2D eigenvalue weighted by molar-refractivity contribution is 6.31. The van der Waals surface area contributed by atoms with Crippen LogP contribution < -0.4 is 10.3 Å². The Labute approximate surface area is 143 Å². The maximum atomic E-state index is 12.1. The van der Waals surface area contributed by atoms with Gasteiger partial charge in [-0.1, -0.05) is 11.6 Å². The molecule has 0 bridgehead atoms. The lowest BCUT2D eigenvalue weighted by Crippen LogP contribution is -2.33. The van der Waals surface area contributed by atoms with Gasteiger partial charge in [-0.15, -0.1) is 0 Å². The van der Waals surface area contributed by atoms with Crippen LogP contribution in [0.5, 0.6) is 5.75 Å². The van der Waals surface area contributed by atoms with E-state index < -0.39 is 17.6 Å². The summed E-state index contributed by atoms with van der Waals surface area (Å²) in [6.45, 7) is 3.29. The number of pyridine rings is 1. The number of rotatable bonds is 6. The molecule has 2 aromatic rings. The molecular weight excluding hydrogens is 334 g/mol. The van der Waals surface area contributed by atoms with E-state index in [1.54, 1.807) is 25.1 Å². The Morgan fingerprint density at radius 2 is 2.00 bits per heavy atom. The predicted octanol–water partition coefficient (Wildman–Crippen LogP) is 2.26. The Hall–Kier alpha value is -2.31. The van der Waals surface area contributed by atoms with Crippen LogP contribution in [-0.2, 0) is 6.54 Å². The van der Waals surface area contributed by atoms with Gasteiger partial charge in [0.2, 0.25) is 0 Å². The molecular formula is C17H18ClNO5. The Morgan fingerprint density at radius 3 is 2.62 bits per heavy atom. The van der Waals surface area contributed by atoms with Gasteiger partial charge in [-0.2, -0.15) is 0 Å². The molecule has 0 amide bonds. The Balaban J connectivity index is 2.06. The van der Waals surface area contributed by atoms with Crippen LogP contribution in [0, 0.1) is 13.8 Å². The summed E-state index contributed by atoms with van der Waals surface area (Å²) >= 11 is 5.93. The van der Waals surface area contributed by atoms with E-state index in [0.29, 0.717) is 16.3 Å². The molecule has 0 spiro atoms. The molecule has 1 aromatic carbocycles. The van der Waals surface area contributed by atoms with Crippen LogP contribution in [0.15, 0.2) is 35.3 Å². The molecule has 2 N–H and O–H groups in total. The van der Waals surface area contributed by atoms with Crippen LogP contribution in [0.3, 0.4) is 0 Å². The zero-order valence-electron chi connectivity index (χ0n) is 13.3. The number of aliphatic hydroxyl groups is 1. The van der Waals surface area contributed by atoms with E-state index in [1.165, 1.54) is 12.3 Å². The van der Waals surface area contributed by atoms with E-state index in [2.05, 4.69) is 0 Å². The first-order chi connectivity index (χ1) is 11.3. The van der Waals surface area contributed by atoms with Gasteiger partial charge in [0.05, 0.1) is 6.54 Å². The minimum Gasteiger partial charge on any atom is -0.491 e. The van der Waals surface area contributed by atoms with Gasteiger partial charge in [0.15, 0.2) is 0 Å². The van der Waals surface area contributed by atoms with Gasteiger partial charge >= 0.3 is 5.97 Å². The lowest BCUT2D eigenvalue weighted by Gasteiger charge is -2.15. The minimum absolute atomic E-state index is 0.0379. The third-order valence-electron chi connectivity index (χ3n) is 3.57. The van der Waals surface area contributed by atoms with Gasteiger partial charge in [0, 0.05) is 11.2 Å². The van der Waals surface area contributed by atoms with Crippen molar-refractivity contribution in [3.05, 3.63) is 62.5 Å². The number of aryl methyl sites for hydroxylation is 2. The Morgan fingerprint density at radius 1 is 1.29 bits per heavy atom. The van der Waals surface area contributed by atoms with Gasteiger partial charge in [-0.05, 0) is 49.2 Å². The van der Waals surface area contributed by atoms with Gasteiger partial charge in [0.1, 0.15) is 24.0 Å². The average molecular weight is 352 g/mol. The molecule has 1 heterocycles. The minimum atomic E-state index is -1.28. The van der Waals surface area contributed by atoms with Gasteiger partial charge < -0.3 is 19.5 Å². The smallest absolute Gasteiger partial charge is 0.341 e. The Kier molecular flexibility index (Phi) is 5.64. The second-order valence-corrected chi connectivity index (χ2v) is 5.92. The van der Waals surface area contributed by atoms with Crippen molar-refractivity contribution >= 4 is 17.6 Å². The molecule has 7 heteroatoms. The van der Waals surface area contributed by atoms with Crippen molar-refractivity contribution in [3.8, 4) is 5.75 Å². The normalized spacial score (nSPS) is 12.0. The number of aromatic carboxylic acids is 1. The van der Waals surface area contributed by atoms with E-state index in [4.69, 9.17) is 21.4 Å². The van der Waals surface area contributed by atoms with Gasteiger partial charge in [-0.3, -0.25) is 4.79 Å². The maximum absolute atomic E-state index is 12.1. The number of halogens is 1. The first-order valence-electron chi connectivity index (χ1n) is 7.30. The summed E-state index contributed by atoms with van der Waals surface area (Å²) in [5, 5.41) is 19.8. The van der Waals surface area contributed by atoms with Crippen molar-refractivity contribution in [3.63, 3.8) is 0 Å². The summed E-state index contributed by atoms with van der Waals surface area (Å²) in [5.74, 6) is -0.729. The number of aliphatic hydroxyl groups excluding tert-OH is 1. The summed E-state index contributed by atoms with van der Waals surface area (Å²) in [5.41, 5.74) is 0.290. The number of carboxylic acid groups (broad SMARTS) is 1. The van der Waals surface area contributed by atoms with Crippen molar-refractivity contribution in [2.24, 2.45) is 0 Å². The SMILES string of the molecule is Cc1cc(OCC(O)Cn2ccc(C)c(C(=O)O)c2=O)ccc1Cl. The van der Waals surface area contributed by atoms with E-state index in [-0.39, 0.29) is 18.7 Å². The first-order valence-corrected chi connectivity index (χ1v) is 7.67. The highest BCUT2D eigenvalue weighted by Crippen LogP contribution is 2.21. The number of aromatic nitrogens is 1. The summed E-state index contributed by atoms with van der Waals surface area (Å²) in [6.07, 6.45) is 0.489. The maximum Gasteiger partial charge on any atom is 0.341 e. The van der Waals surface area contributed by atoms with E-state index in [0.717, 1.165) is 10.1 Å². The van der Waals surface area contributed by atoms with Crippen molar-refractivity contribution < 1.29 is 19.7 Å². The van der Waals surface area contributed by atoms with Crippen LogP contribution in [0.2, 0.25) is 5.02 Å². The number of carboxylic acids is 1. The zero-order chi connectivity index (χ0) is 17.9. The molecule has 24 heavy (non-hydrogen) atoms. The monoisotopic (exact) mass is 351 g/mol. The second kappa shape index (κ2) is 7.51. The molecule has 128 valence electrons. The lowest BCUT2D eigenvalue weighted by atomic mass is 10.1. The van der Waals surface area contributed by atoms with Crippen molar-refractivity contribution in [2.45, 2.75) is 26.5 Å². The van der Waals surface area contributed by atoms with Crippen LogP contribution >= 0.6 is 11.6 Å². The van der Waals surface area contributed by atoms with Crippen LogP contribution in [0.4, 0.5) is 0 Å². The fraction of sp³-hybridized carbons (Fsp3) is 0.294. The van der Waals surface area contributed by atoms with E-state index in [9.17, 15) is 14.7 Å². The summed E-state index contributed by atoms with van der Waals surface area (Å²) in [4.78, 5) is 23.3. The van der Waals surface area contributed by atoms with Gasteiger partial charge in [0.25, 0.3) is 5.56 Å². The first kappa shape index (κ1) is 18.0. The quantitative estimate of drug-likeness (QED) is 0.833. The average Bonchev–Trinajstić information content (AvgIpc) is 2.51. The van der Waals surface area contributed by atoms with Crippen LogP contribution in [0.25, 0.3) is 0 Å². The van der Waals surface area contributed by atoms with E-state index in [1.807, 2.05) is 6.92 Å². The third kappa shape index (κ3) is 4.15. The Bertz CT molecular complexity index is 815. The molecule has 6 nitrogen and oxygen atoms in total. The molecule has 0 aliphatic heterocycles. The lowest BCUT2D eigenvalue weighted by molar-refractivity contribution is 0.0690. The molecule has 1 unspecified atom stereocenters. The number of hydrogen-bond acceptors (Lipinski definition) is 4. The molecule has 2 rings (SSSR count). The number of benzene rings is 1. The largest absolute Gasteiger partial charge is 0.491 e. The topological polar surface area (TPSA) is 88.8 Å².